The molecule has 0 heterocycles. The van der Waals surface area contributed by atoms with Gasteiger partial charge in [-0.05, 0) is 24.1 Å². The largest absolute Gasteiger partial charge is 0.459 e. The van der Waals surface area contributed by atoms with Gasteiger partial charge in [0.1, 0.15) is 6.61 Å². The molecule has 0 bridgehead atoms. The zero-order chi connectivity index (χ0) is 18.1. The Morgan fingerprint density at radius 2 is 1.64 bits per heavy atom. The summed E-state index contributed by atoms with van der Waals surface area (Å²) in [7, 11) is 0. The van der Waals surface area contributed by atoms with Gasteiger partial charge in [-0.25, -0.2) is 4.79 Å². The average molecular weight is 341 g/mol. The van der Waals surface area contributed by atoms with E-state index in [1.807, 2.05) is 37.3 Å². The number of hydrogen-bond acceptors (Lipinski definition) is 4. The highest BCUT2D eigenvalue weighted by molar-refractivity contribution is 5.96. The molecule has 5 nitrogen and oxygen atoms in total. The van der Waals surface area contributed by atoms with E-state index in [9.17, 15) is 14.7 Å². The second-order valence-electron chi connectivity index (χ2n) is 5.77. The fourth-order valence-electron chi connectivity index (χ4n) is 2.41. The first-order valence-corrected chi connectivity index (χ1v) is 8.36. The molecule has 0 aliphatic carbocycles. The van der Waals surface area contributed by atoms with Crippen LogP contribution in [0.25, 0.3) is 0 Å². The number of benzene rings is 2. The van der Waals surface area contributed by atoms with E-state index >= 15 is 0 Å². The molecule has 0 aliphatic heterocycles. The van der Waals surface area contributed by atoms with Crippen LogP contribution in [0.1, 0.15) is 35.7 Å². The number of ether oxygens (including phenoxy) is 1. The minimum absolute atomic E-state index is 0.0935. The molecule has 0 spiro atoms. The Morgan fingerprint density at radius 3 is 2.24 bits per heavy atom. The Labute approximate surface area is 147 Å². The standard InChI is InChI=1S/C20H23NO4/c1-2-9-17(22)18(21-19(23)16-12-7-4-8-13-16)20(24)25-14-15-10-5-3-6-11-15/h3-8,10-13,17-18,22H,2,9,14H2,1H3,(H,21,23)/t17-,18-/m0/s1. The van der Waals surface area contributed by atoms with Gasteiger partial charge in [0.05, 0.1) is 6.10 Å². The molecule has 132 valence electrons. The number of rotatable bonds is 8. The lowest BCUT2D eigenvalue weighted by Crippen LogP contribution is -2.49. The summed E-state index contributed by atoms with van der Waals surface area (Å²) >= 11 is 0. The summed E-state index contributed by atoms with van der Waals surface area (Å²) in [5, 5.41) is 12.8. The van der Waals surface area contributed by atoms with Gasteiger partial charge in [0.15, 0.2) is 6.04 Å². The van der Waals surface area contributed by atoms with Crippen LogP contribution in [-0.4, -0.2) is 29.1 Å². The lowest BCUT2D eigenvalue weighted by Gasteiger charge is -2.22. The maximum atomic E-state index is 12.4. The molecule has 25 heavy (non-hydrogen) atoms. The molecule has 0 aromatic heterocycles. The van der Waals surface area contributed by atoms with Gasteiger partial charge in [-0.15, -0.1) is 0 Å². The van der Waals surface area contributed by atoms with E-state index in [1.165, 1.54) is 0 Å². The van der Waals surface area contributed by atoms with Crippen molar-refractivity contribution in [3.63, 3.8) is 0 Å². The van der Waals surface area contributed by atoms with Crippen LogP contribution < -0.4 is 5.32 Å². The van der Waals surface area contributed by atoms with Crippen molar-refractivity contribution >= 4 is 11.9 Å². The third-order valence-corrected chi connectivity index (χ3v) is 3.77. The van der Waals surface area contributed by atoms with E-state index in [2.05, 4.69) is 5.32 Å². The van der Waals surface area contributed by atoms with Gasteiger partial charge < -0.3 is 15.2 Å². The van der Waals surface area contributed by atoms with Crippen LogP contribution in [0.15, 0.2) is 60.7 Å². The minimum Gasteiger partial charge on any atom is -0.459 e. The first-order valence-electron chi connectivity index (χ1n) is 8.36. The molecule has 2 atom stereocenters. The lowest BCUT2D eigenvalue weighted by atomic mass is 10.1. The Kier molecular flexibility index (Phi) is 7.16. The first kappa shape index (κ1) is 18.7. The number of carbonyl (C=O) groups excluding carboxylic acids is 2. The van der Waals surface area contributed by atoms with Gasteiger partial charge in [-0.2, -0.15) is 0 Å². The van der Waals surface area contributed by atoms with Crippen LogP contribution in [0.5, 0.6) is 0 Å². The van der Waals surface area contributed by atoms with Crippen molar-refractivity contribution in [1.82, 2.24) is 5.32 Å². The SMILES string of the molecule is CCC[C@H](O)[C@H](NC(=O)c1ccccc1)C(=O)OCc1ccccc1. The third kappa shape index (κ3) is 5.72. The van der Waals surface area contributed by atoms with Gasteiger partial charge in [0.25, 0.3) is 5.91 Å². The molecule has 1 amide bonds. The van der Waals surface area contributed by atoms with Crippen molar-refractivity contribution in [2.45, 2.75) is 38.5 Å². The number of aliphatic hydroxyl groups excluding tert-OH is 1. The second-order valence-corrected chi connectivity index (χ2v) is 5.77. The van der Waals surface area contributed by atoms with Crippen LogP contribution in [0, 0.1) is 0 Å². The van der Waals surface area contributed by atoms with Gasteiger partial charge in [-0.3, -0.25) is 4.79 Å². The molecular weight excluding hydrogens is 318 g/mol. The highest BCUT2D eigenvalue weighted by Gasteiger charge is 2.29. The molecule has 5 heteroatoms. The summed E-state index contributed by atoms with van der Waals surface area (Å²) in [5.74, 6) is -1.06. The van der Waals surface area contributed by atoms with E-state index in [-0.39, 0.29) is 6.61 Å². The molecule has 2 N–H and O–H groups in total. The number of aliphatic hydroxyl groups is 1. The Balaban J connectivity index is 2.04. The van der Waals surface area contributed by atoms with Crippen LogP contribution >= 0.6 is 0 Å². The average Bonchev–Trinajstić information content (AvgIpc) is 2.65. The topological polar surface area (TPSA) is 75.6 Å². The van der Waals surface area contributed by atoms with Crippen LogP contribution in [0.2, 0.25) is 0 Å². The smallest absolute Gasteiger partial charge is 0.331 e. The van der Waals surface area contributed by atoms with Gasteiger partial charge >= 0.3 is 5.97 Å². The second kappa shape index (κ2) is 9.59. The lowest BCUT2D eigenvalue weighted by molar-refractivity contribution is -0.150. The van der Waals surface area contributed by atoms with E-state index in [4.69, 9.17) is 4.74 Å². The summed E-state index contributed by atoms with van der Waals surface area (Å²) in [4.78, 5) is 24.7. The van der Waals surface area contributed by atoms with E-state index in [0.717, 1.165) is 5.56 Å². The molecule has 2 aromatic carbocycles. The van der Waals surface area contributed by atoms with E-state index in [1.54, 1.807) is 30.3 Å². The first-order chi connectivity index (χ1) is 12.1. The third-order valence-electron chi connectivity index (χ3n) is 3.77. The zero-order valence-electron chi connectivity index (χ0n) is 14.2. The summed E-state index contributed by atoms with van der Waals surface area (Å²) in [6.45, 7) is 1.99. The fraction of sp³-hybridized carbons (Fsp3) is 0.300. The minimum atomic E-state index is -1.10. The number of nitrogens with one attached hydrogen (secondary N) is 1. The number of amides is 1. The quantitative estimate of drug-likeness (QED) is 0.724. The Hall–Kier alpha value is -2.66. The fourth-order valence-corrected chi connectivity index (χ4v) is 2.41. The summed E-state index contributed by atoms with van der Waals surface area (Å²) in [6.07, 6.45) is 0.0753. The molecule has 2 rings (SSSR count). The summed E-state index contributed by atoms with van der Waals surface area (Å²) < 4.78 is 5.28. The predicted octanol–water partition coefficient (Wildman–Crippen LogP) is 2.69. The van der Waals surface area contributed by atoms with Crippen molar-refractivity contribution < 1.29 is 19.4 Å². The maximum absolute atomic E-state index is 12.4. The molecule has 0 fully saturated rings. The van der Waals surface area contributed by atoms with Crippen molar-refractivity contribution in [1.29, 1.82) is 0 Å². The molecule has 0 aliphatic rings. The monoisotopic (exact) mass is 341 g/mol. The number of hydrogen-bond donors (Lipinski definition) is 2. The van der Waals surface area contributed by atoms with Crippen molar-refractivity contribution in [2.24, 2.45) is 0 Å². The molecule has 2 aromatic rings. The Morgan fingerprint density at radius 1 is 1.04 bits per heavy atom. The number of esters is 1. The maximum Gasteiger partial charge on any atom is 0.331 e. The molecule has 0 radical (unpaired) electrons. The van der Waals surface area contributed by atoms with Gasteiger partial charge in [0, 0.05) is 5.56 Å². The van der Waals surface area contributed by atoms with Crippen molar-refractivity contribution in [2.75, 3.05) is 0 Å². The normalized spacial score (nSPS) is 12.9. The van der Waals surface area contributed by atoms with Crippen LogP contribution in [0.3, 0.4) is 0 Å². The summed E-state index contributed by atoms with van der Waals surface area (Å²) in [5.41, 5.74) is 1.26. The van der Waals surface area contributed by atoms with E-state index in [0.29, 0.717) is 18.4 Å². The van der Waals surface area contributed by atoms with Crippen LogP contribution in [-0.2, 0) is 16.1 Å². The van der Waals surface area contributed by atoms with Gasteiger partial charge in [0.2, 0.25) is 0 Å². The van der Waals surface area contributed by atoms with Gasteiger partial charge in [-0.1, -0.05) is 61.9 Å². The zero-order valence-corrected chi connectivity index (χ0v) is 14.2. The Bertz CT molecular complexity index is 673. The highest BCUT2D eigenvalue weighted by Crippen LogP contribution is 2.09. The van der Waals surface area contributed by atoms with E-state index < -0.39 is 24.0 Å². The predicted molar refractivity (Wildman–Crippen MR) is 94.8 cm³/mol. The highest BCUT2D eigenvalue weighted by atomic mass is 16.5. The molecule has 0 unspecified atom stereocenters. The van der Waals surface area contributed by atoms with Crippen molar-refractivity contribution in [3.8, 4) is 0 Å². The molecular formula is C20H23NO4. The molecule has 0 saturated heterocycles. The number of carbonyl (C=O) groups is 2. The van der Waals surface area contributed by atoms with Crippen molar-refractivity contribution in [3.05, 3.63) is 71.8 Å². The summed E-state index contributed by atoms with van der Waals surface area (Å²) in [6, 6.07) is 16.7. The molecule has 0 saturated carbocycles. The van der Waals surface area contributed by atoms with Crippen LogP contribution in [0.4, 0.5) is 0 Å².